The van der Waals surface area contributed by atoms with Gasteiger partial charge in [0.2, 0.25) is 0 Å². The minimum atomic E-state index is 0.674. The Morgan fingerprint density at radius 1 is 0.426 bits per heavy atom. The molecule has 0 radical (unpaired) electrons. The summed E-state index contributed by atoms with van der Waals surface area (Å²) in [6.07, 6.45) is 3.62. The molecule has 6 aromatic carbocycles. The van der Waals surface area contributed by atoms with E-state index in [1.54, 1.807) is 0 Å². The van der Waals surface area contributed by atoms with E-state index in [0.29, 0.717) is 5.82 Å². The highest BCUT2D eigenvalue weighted by Crippen LogP contribution is 2.33. The van der Waals surface area contributed by atoms with Crippen LogP contribution in [-0.2, 0) is 0 Å². The Morgan fingerprint density at radius 3 is 1.64 bits per heavy atom. The Morgan fingerprint density at radius 2 is 1.00 bits per heavy atom. The minimum Gasteiger partial charge on any atom is -0.292 e. The largest absolute Gasteiger partial charge is 0.292 e. The number of imidazole rings is 1. The Labute approximate surface area is 271 Å². The second-order valence-corrected chi connectivity index (χ2v) is 11.6. The summed E-state index contributed by atoms with van der Waals surface area (Å²) in [4.78, 5) is 19.5. The Hall–Kier alpha value is -6.46. The number of pyridine rings is 1. The lowest BCUT2D eigenvalue weighted by atomic mass is 10.0. The highest BCUT2D eigenvalue weighted by atomic mass is 15.1. The van der Waals surface area contributed by atoms with E-state index in [4.69, 9.17) is 15.0 Å². The van der Waals surface area contributed by atoms with Gasteiger partial charge in [0.15, 0.2) is 5.82 Å². The number of fused-ring (bicyclic) bond motifs is 3. The normalized spacial score (nSPS) is 11.4. The predicted octanol–water partition coefficient (Wildman–Crippen LogP) is 10.2. The summed E-state index contributed by atoms with van der Waals surface area (Å²) in [5.74, 6) is 1.54. The highest BCUT2D eigenvalue weighted by Gasteiger charge is 2.16. The second-order valence-electron chi connectivity index (χ2n) is 11.6. The molecule has 0 aliphatic rings. The molecule has 0 bridgehead atoms. The summed E-state index contributed by atoms with van der Waals surface area (Å²) in [6, 6.07) is 52.6. The maximum Gasteiger partial charge on any atom is 0.160 e. The van der Waals surface area contributed by atoms with E-state index in [9.17, 15) is 0 Å². The number of nitrogens with zero attached hydrogens (tertiary/aromatic N) is 5. The van der Waals surface area contributed by atoms with Crippen molar-refractivity contribution < 1.29 is 0 Å². The second kappa shape index (κ2) is 11.2. The first-order valence-corrected chi connectivity index (χ1v) is 15.6. The van der Waals surface area contributed by atoms with Crippen LogP contribution in [0.2, 0.25) is 0 Å². The van der Waals surface area contributed by atoms with Crippen molar-refractivity contribution in [2.45, 2.75) is 0 Å². The van der Waals surface area contributed by atoms with Crippen LogP contribution in [-0.4, -0.2) is 24.5 Å². The van der Waals surface area contributed by atoms with Gasteiger partial charge in [-0.15, -0.1) is 0 Å². The van der Waals surface area contributed by atoms with E-state index in [0.717, 1.165) is 56.2 Å². The minimum absolute atomic E-state index is 0.674. The number of aromatic nitrogens is 5. The van der Waals surface area contributed by atoms with Gasteiger partial charge in [-0.3, -0.25) is 9.55 Å². The first-order chi connectivity index (χ1) is 23.3. The number of benzene rings is 6. The van der Waals surface area contributed by atoms with Crippen molar-refractivity contribution in [3.05, 3.63) is 164 Å². The van der Waals surface area contributed by atoms with Crippen LogP contribution in [0.5, 0.6) is 0 Å². The van der Waals surface area contributed by atoms with Crippen molar-refractivity contribution in [2.75, 3.05) is 0 Å². The van der Waals surface area contributed by atoms with Crippen LogP contribution in [0, 0.1) is 0 Å². The molecule has 0 spiro atoms. The summed E-state index contributed by atoms with van der Waals surface area (Å²) in [7, 11) is 0. The molecule has 3 heterocycles. The lowest BCUT2D eigenvalue weighted by molar-refractivity contribution is 1.10. The van der Waals surface area contributed by atoms with Crippen LogP contribution in [0.15, 0.2) is 164 Å². The van der Waals surface area contributed by atoms with E-state index in [-0.39, 0.29) is 0 Å². The third-order valence-electron chi connectivity index (χ3n) is 8.69. The summed E-state index contributed by atoms with van der Waals surface area (Å²) < 4.78 is 2.18. The van der Waals surface area contributed by atoms with Crippen LogP contribution < -0.4 is 0 Å². The number of hydrogen-bond acceptors (Lipinski definition) is 4. The molecule has 0 fully saturated rings. The summed E-state index contributed by atoms with van der Waals surface area (Å²) in [5.41, 5.74) is 8.70. The van der Waals surface area contributed by atoms with Gasteiger partial charge in [0, 0.05) is 34.1 Å². The molecule has 5 nitrogen and oxygen atoms in total. The molecule has 0 unspecified atom stereocenters. The molecule has 0 saturated heterocycles. The van der Waals surface area contributed by atoms with Gasteiger partial charge in [0.25, 0.3) is 0 Å². The van der Waals surface area contributed by atoms with Crippen LogP contribution in [0.1, 0.15) is 0 Å². The van der Waals surface area contributed by atoms with Gasteiger partial charge in [-0.05, 0) is 70.1 Å². The Kier molecular flexibility index (Phi) is 6.39. The monoisotopic (exact) mass is 601 g/mol. The molecule has 220 valence electrons. The molecule has 0 atom stereocenters. The molecule has 47 heavy (non-hydrogen) atoms. The van der Waals surface area contributed by atoms with E-state index >= 15 is 0 Å². The molecular weight excluding hydrogens is 574 g/mol. The van der Waals surface area contributed by atoms with E-state index in [2.05, 4.69) is 137 Å². The average Bonchev–Trinajstić information content (AvgIpc) is 3.54. The standard InChI is InChI=1S/C42H27N5/c1-2-10-31(11-3-1)42-46-39-27-43-23-22-40(39)47(42)36-20-18-30(19-21-36)41-44-37(34-16-14-28-8-4-6-12-32(28)24-34)26-38(45-41)35-17-15-29-9-5-7-13-33(29)25-35/h1-27H. The van der Waals surface area contributed by atoms with Gasteiger partial charge in [-0.2, -0.15) is 0 Å². The molecule has 0 aliphatic carbocycles. The molecule has 5 heteroatoms. The molecule has 0 amide bonds. The van der Waals surface area contributed by atoms with E-state index in [1.165, 1.54) is 21.5 Å². The van der Waals surface area contributed by atoms with Crippen molar-refractivity contribution in [3.8, 4) is 51.0 Å². The van der Waals surface area contributed by atoms with Crippen LogP contribution in [0.3, 0.4) is 0 Å². The van der Waals surface area contributed by atoms with Gasteiger partial charge >= 0.3 is 0 Å². The fourth-order valence-corrected chi connectivity index (χ4v) is 6.30. The topological polar surface area (TPSA) is 56.5 Å². The molecule has 9 aromatic rings. The first kappa shape index (κ1) is 26.9. The fourth-order valence-electron chi connectivity index (χ4n) is 6.30. The number of rotatable bonds is 5. The van der Waals surface area contributed by atoms with Crippen LogP contribution in [0.25, 0.3) is 83.6 Å². The quantitative estimate of drug-likeness (QED) is 0.197. The summed E-state index contributed by atoms with van der Waals surface area (Å²) >= 11 is 0. The van der Waals surface area contributed by atoms with Gasteiger partial charge < -0.3 is 0 Å². The van der Waals surface area contributed by atoms with Crippen molar-refractivity contribution >= 4 is 32.6 Å². The van der Waals surface area contributed by atoms with Gasteiger partial charge in [-0.25, -0.2) is 15.0 Å². The first-order valence-electron chi connectivity index (χ1n) is 15.6. The lowest BCUT2D eigenvalue weighted by Crippen LogP contribution is -1.99. The van der Waals surface area contributed by atoms with Crippen LogP contribution >= 0.6 is 0 Å². The maximum absolute atomic E-state index is 5.14. The fraction of sp³-hybridized carbons (Fsp3) is 0. The zero-order valence-corrected chi connectivity index (χ0v) is 25.3. The van der Waals surface area contributed by atoms with Crippen molar-refractivity contribution in [2.24, 2.45) is 0 Å². The molecule has 3 aromatic heterocycles. The van der Waals surface area contributed by atoms with Crippen molar-refractivity contribution in [1.29, 1.82) is 0 Å². The summed E-state index contributed by atoms with van der Waals surface area (Å²) in [5, 5.41) is 4.76. The van der Waals surface area contributed by atoms with Crippen molar-refractivity contribution in [3.63, 3.8) is 0 Å². The third-order valence-corrected chi connectivity index (χ3v) is 8.69. The van der Waals surface area contributed by atoms with Gasteiger partial charge in [0.1, 0.15) is 11.3 Å². The predicted molar refractivity (Wildman–Crippen MR) is 191 cm³/mol. The lowest BCUT2D eigenvalue weighted by Gasteiger charge is -2.12. The molecular formula is C42H27N5. The molecule has 0 N–H and O–H groups in total. The van der Waals surface area contributed by atoms with Gasteiger partial charge in [-0.1, -0.05) is 103 Å². The molecule has 9 rings (SSSR count). The van der Waals surface area contributed by atoms with Gasteiger partial charge in [0.05, 0.1) is 23.1 Å². The van der Waals surface area contributed by atoms with Crippen molar-refractivity contribution in [1.82, 2.24) is 24.5 Å². The Balaban J connectivity index is 1.19. The highest BCUT2D eigenvalue weighted by molar-refractivity contribution is 5.89. The Bertz CT molecular complexity index is 2470. The van der Waals surface area contributed by atoms with E-state index in [1.807, 2.05) is 36.7 Å². The average molecular weight is 602 g/mol. The molecule has 0 saturated carbocycles. The SMILES string of the molecule is c1ccc(-c2nc3cnccc3n2-c2ccc(-c3nc(-c4ccc5ccccc5c4)cc(-c4ccc5ccccc5c4)n3)cc2)cc1. The molecule has 0 aliphatic heterocycles. The number of hydrogen-bond donors (Lipinski definition) is 0. The van der Waals surface area contributed by atoms with E-state index < -0.39 is 0 Å². The van der Waals surface area contributed by atoms with Crippen LogP contribution in [0.4, 0.5) is 0 Å². The zero-order valence-electron chi connectivity index (χ0n) is 25.3. The summed E-state index contributed by atoms with van der Waals surface area (Å²) in [6.45, 7) is 0. The zero-order chi connectivity index (χ0) is 31.2. The third kappa shape index (κ3) is 4.91. The smallest absolute Gasteiger partial charge is 0.160 e. The maximum atomic E-state index is 5.14.